The second-order valence-electron chi connectivity index (χ2n) is 6.11. The quantitative estimate of drug-likeness (QED) is 0.271. The number of ketones is 2. The van der Waals surface area contributed by atoms with Gasteiger partial charge >= 0.3 is 0 Å². The van der Waals surface area contributed by atoms with E-state index in [0.717, 1.165) is 0 Å². The standard InChI is InChI=1S/2C8H12.C6Cl4O2/c2*1-2-4-6-8-7-5-3-1;7-1-2(8)6(12)4(10)3(9)5(1)11/h2*1-2,7-8H,3-6H2;/b2*2-1-,8-7?;. The molecule has 0 saturated heterocycles. The zero-order valence-electron chi connectivity index (χ0n) is 15.6. The van der Waals surface area contributed by atoms with E-state index in [0.29, 0.717) is 0 Å². The molecule has 0 amide bonds. The van der Waals surface area contributed by atoms with E-state index in [-0.39, 0.29) is 0 Å². The van der Waals surface area contributed by atoms with Crippen LogP contribution in [0.4, 0.5) is 0 Å². The summed E-state index contributed by atoms with van der Waals surface area (Å²) in [4.78, 5) is 22.0. The molecule has 0 spiro atoms. The fourth-order valence-electron chi connectivity index (χ4n) is 2.30. The number of hydrogen-bond donors (Lipinski definition) is 0. The summed E-state index contributed by atoms with van der Waals surface area (Å²) in [5, 5.41) is -1.57. The largest absolute Gasteiger partial charge is 0.286 e. The molecule has 0 aromatic heterocycles. The van der Waals surface area contributed by atoms with Gasteiger partial charge in [0.25, 0.3) is 0 Å². The number of Topliss-reactive ketones (excluding diaryl/α,β-unsaturated/α-hetero) is 2. The predicted octanol–water partition coefficient (Wildman–Crippen LogP) is 7.86. The molecule has 0 fully saturated rings. The molecule has 3 aliphatic rings. The Morgan fingerprint density at radius 1 is 0.393 bits per heavy atom. The summed E-state index contributed by atoms with van der Waals surface area (Å²) in [6.07, 6.45) is 28.0. The molecule has 28 heavy (non-hydrogen) atoms. The molecule has 3 rings (SSSR count). The second-order valence-corrected chi connectivity index (χ2v) is 7.62. The van der Waals surface area contributed by atoms with Crippen molar-refractivity contribution in [1.29, 1.82) is 0 Å². The van der Waals surface area contributed by atoms with Crippen LogP contribution in [-0.2, 0) is 9.59 Å². The van der Waals surface area contributed by atoms with Crippen LogP contribution in [0.2, 0.25) is 0 Å². The maximum absolute atomic E-state index is 11.0. The van der Waals surface area contributed by atoms with Gasteiger partial charge in [-0.05, 0) is 51.4 Å². The Balaban J connectivity index is 0.000000217. The van der Waals surface area contributed by atoms with E-state index >= 15 is 0 Å². The molecule has 0 N–H and O–H groups in total. The fourth-order valence-corrected chi connectivity index (χ4v) is 3.12. The Bertz CT molecular complexity index is 583. The summed E-state index contributed by atoms with van der Waals surface area (Å²) >= 11 is 21.5. The van der Waals surface area contributed by atoms with Gasteiger partial charge in [0.05, 0.1) is 0 Å². The Morgan fingerprint density at radius 2 is 0.536 bits per heavy atom. The van der Waals surface area contributed by atoms with Crippen LogP contribution in [0.1, 0.15) is 51.4 Å². The zero-order valence-corrected chi connectivity index (χ0v) is 18.6. The number of carbonyl (C=O) groups excluding carboxylic acids is 2. The summed E-state index contributed by atoms with van der Waals surface area (Å²) in [5.74, 6) is -1.46. The van der Waals surface area contributed by atoms with E-state index in [2.05, 4.69) is 48.6 Å². The minimum atomic E-state index is -0.729. The Hall–Kier alpha value is -1.06. The first kappa shape index (κ1) is 25.0. The van der Waals surface area contributed by atoms with Crippen LogP contribution in [0.15, 0.2) is 68.7 Å². The van der Waals surface area contributed by atoms with Crippen LogP contribution in [0.25, 0.3) is 0 Å². The number of allylic oxidation sites excluding steroid dienone is 12. The average Bonchev–Trinajstić information content (AvgIpc) is 2.63. The summed E-state index contributed by atoms with van der Waals surface area (Å²) in [6.45, 7) is 0. The van der Waals surface area contributed by atoms with E-state index in [1.165, 1.54) is 51.4 Å². The third kappa shape index (κ3) is 9.43. The van der Waals surface area contributed by atoms with Crippen molar-refractivity contribution < 1.29 is 9.59 Å². The van der Waals surface area contributed by atoms with Crippen molar-refractivity contribution >= 4 is 58.0 Å². The summed E-state index contributed by atoms with van der Waals surface area (Å²) in [7, 11) is 0. The monoisotopic (exact) mass is 460 g/mol. The van der Waals surface area contributed by atoms with Gasteiger partial charge < -0.3 is 0 Å². The molecule has 0 aromatic rings. The van der Waals surface area contributed by atoms with Crippen molar-refractivity contribution in [1.82, 2.24) is 0 Å². The van der Waals surface area contributed by atoms with Crippen LogP contribution in [0.5, 0.6) is 0 Å². The van der Waals surface area contributed by atoms with Gasteiger partial charge in [0, 0.05) is 0 Å². The smallest absolute Gasteiger partial charge is 0.219 e. The summed E-state index contributed by atoms with van der Waals surface area (Å²) in [6, 6.07) is 0. The second kappa shape index (κ2) is 14.9. The molecule has 0 radical (unpaired) electrons. The number of hydrogen-bond acceptors (Lipinski definition) is 2. The molecular weight excluding hydrogens is 438 g/mol. The molecule has 0 unspecified atom stereocenters. The first-order valence-corrected chi connectivity index (χ1v) is 10.8. The van der Waals surface area contributed by atoms with Gasteiger partial charge in [-0.1, -0.05) is 95.0 Å². The highest BCUT2D eigenvalue weighted by Crippen LogP contribution is 2.32. The lowest BCUT2D eigenvalue weighted by Gasteiger charge is -2.08. The van der Waals surface area contributed by atoms with Crippen LogP contribution in [0.3, 0.4) is 0 Å². The summed E-state index contributed by atoms with van der Waals surface area (Å²) in [5.41, 5.74) is 0. The molecule has 0 heterocycles. The molecule has 3 aliphatic carbocycles. The minimum absolute atomic E-state index is 0.393. The van der Waals surface area contributed by atoms with Gasteiger partial charge in [-0.25, -0.2) is 0 Å². The van der Waals surface area contributed by atoms with E-state index in [1.54, 1.807) is 0 Å². The van der Waals surface area contributed by atoms with Gasteiger partial charge in [-0.15, -0.1) is 0 Å². The number of rotatable bonds is 0. The van der Waals surface area contributed by atoms with Crippen LogP contribution < -0.4 is 0 Å². The van der Waals surface area contributed by atoms with E-state index in [4.69, 9.17) is 46.4 Å². The van der Waals surface area contributed by atoms with Gasteiger partial charge in [0.2, 0.25) is 11.6 Å². The molecule has 0 saturated carbocycles. The van der Waals surface area contributed by atoms with Crippen LogP contribution in [-0.4, -0.2) is 11.6 Å². The lowest BCUT2D eigenvalue weighted by atomic mass is 10.1. The maximum Gasteiger partial charge on any atom is 0.219 e. The lowest BCUT2D eigenvalue weighted by molar-refractivity contribution is -0.114. The third-order valence-corrected chi connectivity index (χ3v) is 5.49. The highest BCUT2D eigenvalue weighted by molar-refractivity contribution is 6.69. The van der Waals surface area contributed by atoms with Crippen molar-refractivity contribution in [3.63, 3.8) is 0 Å². The molecule has 6 heteroatoms. The first-order valence-electron chi connectivity index (χ1n) is 9.26. The van der Waals surface area contributed by atoms with E-state index < -0.39 is 31.7 Å². The van der Waals surface area contributed by atoms with Crippen molar-refractivity contribution in [2.45, 2.75) is 51.4 Å². The van der Waals surface area contributed by atoms with Crippen molar-refractivity contribution in [3.8, 4) is 0 Å². The van der Waals surface area contributed by atoms with Gasteiger partial charge in [-0.3, -0.25) is 9.59 Å². The third-order valence-electron chi connectivity index (χ3n) is 3.85. The molecule has 0 aromatic carbocycles. The SMILES string of the molecule is C1=CCC/C=C\CC1.C1=CCC/C=C\CC1.O=C1C(Cl)=C(Cl)C(=O)C(Cl)=C1Cl. The predicted molar refractivity (Wildman–Crippen MR) is 121 cm³/mol. The maximum atomic E-state index is 11.0. The number of halogens is 4. The summed E-state index contributed by atoms with van der Waals surface area (Å²) < 4.78 is 0. The van der Waals surface area contributed by atoms with Crippen LogP contribution >= 0.6 is 46.4 Å². The Morgan fingerprint density at radius 3 is 0.679 bits per heavy atom. The molecule has 2 nitrogen and oxygen atoms in total. The number of carbonyl (C=O) groups is 2. The van der Waals surface area contributed by atoms with Crippen LogP contribution in [0, 0.1) is 0 Å². The highest BCUT2D eigenvalue weighted by atomic mass is 35.5. The fraction of sp³-hybridized carbons (Fsp3) is 0.364. The van der Waals surface area contributed by atoms with Crippen molar-refractivity contribution in [2.24, 2.45) is 0 Å². The molecule has 0 bridgehead atoms. The highest BCUT2D eigenvalue weighted by Gasteiger charge is 2.31. The zero-order chi connectivity index (χ0) is 20.8. The normalized spacial score (nSPS) is 22.0. The van der Waals surface area contributed by atoms with Crippen molar-refractivity contribution in [2.75, 3.05) is 0 Å². The molecule has 0 atom stereocenters. The molecular formula is C22H24Cl4O2. The Kier molecular flexibility index (Phi) is 13.3. The average molecular weight is 462 g/mol. The van der Waals surface area contributed by atoms with Gasteiger partial charge in [0.15, 0.2) is 0 Å². The first-order chi connectivity index (χ1) is 13.5. The van der Waals surface area contributed by atoms with E-state index in [9.17, 15) is 9.59 Å². The minimum Gasteiger partial charge on any atom is -0.286 e. The van der Waals surface area contributed by atoms with Crippen molar-refractivity contribution in [3.05, 3.63) is 68.7 Å². The molecule has 152 valence electrons. The van der Waals surface area contributed by atoms with Gasteiger partial charge in [-0.2, -0.15) is 0 Å². The topological polar surface area (TPSA) is 34.1 Å². The lowest BCUT2D eigenvalue weighted by Crippen LogP contribution is -2.14. The Labute approximate surface area is 187 Å². The van der Waals surface area contributed by atoms with Gasteiger partial charge in [0.1, 0.15) is 20.1 Å². The van der Waals surface area contributed by atoms with E-state index in [1.807, 2.05) is 0 Å². The molecule has 0 aliphatic heterocycles.